The number of halogens is 6. The molecule has 108 valence electrons. The number of rotatable bonds is 5. The predicted molar refractivity (Wildman–Crippen MR) is 50.7 cm³/mol. The number of esters is 1. The molecular formula is C10H14F6O2. The summed E-state index contributed by atoms with van der Waals surface area (Å²) >= 11 is 0. The molecule has 0 aromatic heterocycles. The number of unbranched alkanes of at least 4 members (excludes halogenated alkanes) is 1. The van der Waals surface area contributed by atoms with E-state index in [0.29, 0.717) is 0 Å². The van der Waals surface area contributed by atoms with Gasteiger partial charge in [0, 0.05) is 0 Å². The maximum atomic E-state index is 12.8. The number of carbonyl (C=O) groups is 1. The third-order valence-electron chi connectivity index (χ3n) is 2.72. The van der Waals surface area contributed by atoms with Crippen LogP contribution < -0.4 is 0 Å². The Morgan fingerprint density at radius 2 is 1.50 bits per heavy atom. The number of ether oxygens (including phenoxy) is 1. The highest BCUT2D eigenvalue weighted by atomic mass is 19.4. The van der Waals surface area contributed by atoms with Crippen molar-refractivity contribution >= 4 is 5.97 Å². The van der Waals surface area contributed by atoms with E-state index in [-0.39, 0.29) is 12.8 Å². The lowest BCUT2D eigenvalue weighted by Crippen LogP contribution is -2.51. The van der Waals surface area contributed by atoms with Crippen LogP contribution in [0.15, 0.2) is 0 Å². The molecule has 0 saturated heterocycles. The summed E-state index contributed by atoms with van der Waals surface area (Å²) in [5.74, 6) is -1.53. The number of alkyl halides is 6. The van der Waals surface area contributed by atoms with Crippen LogP contribution in [0, 0.1) is 5.41 Å². The molecule has 0 spiro atoms. The van der Waals surface area contributed by atoms with Crippen molar-refractivity contribution in [1.29, 1.82) is 0 Å². The van der Waals surface area contributed by atoms with Crippen molar-refractivity contribution in [2.24, 2.45) is 5.41 Å². The minimum Gasteiger partial charge on any atom is -0.469 e. The third-order valence-corrected chi connectivity index (χ3v) is 2.72. The Morgan fingerprint density at radius 3 is 1.78 bits per heavy atom. The van der Waals surface area contributed by atoms with Gasteiger partial charge in [0.25, 0.3) is 0 Å². The molecule has 0 heterocycles. The van der Waals surface area contributed by atoms with Crippen LogP contribution in [0.4, 0.5) is 26.3 Å². The summed E-state index contributed by atoms with van der Waals surface area (Å²) in [5, 5.41) is 0. The third kappa shape index (κ3) is 3.52. The van der Waals surface area contributed by atoms with Gasteiger partial charge in [0.1, 0.15) is 0 Å². The van der Waals surface area contributed by atoms with Gasteiger partial charge in [0.2, 0.25) is 0 Å². The largest absolute Gasteiger partial charge is 0.469 e. The van der Waals surface area contributed by atoms with Gasteiger partial charge in [0.15, 0.2) is 5.41 Å². The van der Waals surface area contributed by atoms with Gasteiger partial charge in [-0.2, -0.15) is 26.3 Å². The molecule has 0 bridgehead atoms. The quantitative estimate of drug-likeness (QED) is 0.565. The normalized spacial score (nSPS) is 13.6. The maximum absolute atomic E-state index is 12.8. The molecule has 0 aromatic rings. The fourth-order valence-corrected chi connectivity index (χ4v) is 1.53. The van der Waals surface area contributed by atoms with E-state index < -0.39 is 36.6 Å². The van der Waals surface area contributed by atoms with Gasteiger partial charge >= 0.3 is 18.3 Å². The van der Waals surface area contributed by atoms with Crippen LogP contribution in [0.5, 0.6) is 0 Å². The molecule has 0 aliphatic heterocycles. The van der Waals surface area contributed by atoms with Crippen molar-refractivity contribution in [3.8, 4) is 0 Å². The first-order valence-electron chi connectivity index (χ1n) is 5.22. The van der Waals surface area contributed by atoms with E-state index >= 15 is 0 Å². The SMILES string of the molecule is CCCCC(CC(=O)OC)(C(F)(F)F)C(F)(F)F. The maximum Gasteiger partial charge on any atom is 0.403 e. The monoisotopic (exact) mass is 280 g/mol. The van der Waals surface area contributed by atoms with Crippen molar-refractivity contribution in [2.75, 3.05) is 7.11 Å². The molecule has 0 fully saturated rings. The Bertz CT molecular complexity index is 267. The van der Waals surface area contributed by atoms with Crippen LogP contribution in [-0.2, 0) is 9.53 Å². The van der Waals surface area contributed by atoms with E-state index in [0.717, 1.165) is 7.11 Å². The molecule has 0 amide bonds. The first kappa shape index (κ1) is 17.1. The van der Waals surface area contributed by atoms with E-state index in [1.54, 1.807) is 0 Å². The van der Waals surface area contributed by atoms with Crippen LogP contribution >= 0.6 is 0 Å². The molecule has 0 radical (unpaired) electrons. The van der Waals surface area contributed by atoms with Gasteiger partial charge in [0.05, 0.1) is 13.5 Å². The summed E-state index contributed by atoms with van der Waals surface area (Å²) in [6.07, 6.45) is -14.1. The van der Waals surface area contributed by atoms with Crippen molar-refractivity contribution in [3.05, 3.63) is 0 Å². The highest BCUT2D eigenvalue weighted by Crippen LogP contribution is 2.55. The number of methoxy groups -OCH3 is 1. The summed E-state index contributed by atoms with van der Waals surface area (Å²) in [6.45, 7) is 1.47. The lowest BCUT2D eigenvalue weighted by Gasteiger charge is -2.36. The Labute approximate surface area is 100 Å². The van der Waals surface area contributed by atoms with E-state index in [2.05, 4.69) is 4.74 Å². The van der Waals surface area contributed by atoms with Crippen molar-refractivity contribution in [3.63, 3.8) is 0 Å². The first-order valence-corrected chi connectivity index (χ1v) is 5.22. The summed E-state index contributed by atoms with van der Waals surface area (Å²) in [4.78, 5) is 10.9. The van der Waals surface area contributed by atoms with Gasteiger partial charge in [-0.05, 0) is 6.42 Å². The predicted octanol–water partition coefficient (Wildman–Crippen LogP) is 3.85. The molecular weight excluding hydrogens is 266 g/mol. The van der Waals surface area contributed by atoms with Crippen LogP contribution in [0.25, 0.3) is 0 Å². The van der Waals surface area contributed by atoms with E-state index in [4.69, 9.17) is 0 Å². The minimum absolute atomic E-state index is 0.162. The number of hydrogen-bond acceptors (Lipinski definition) is 2. The van der Waals surface area contributed by atoms with E-state index in [1.165, 1.54) is 6.92 Å². The summed E-state index contributed by atoms with van der Waals surface area (Å²) in [6, 6.07) is 0. The fourth-order valence-electron chi connectivity index (χ4n) is 1.53. The summed E-state index contributed by atoms with van der Waals surface area (Å²) in [7, 11) is 0.750. The molecule has 2 nitrogen and oxygen atoms in total. The van der Waals surface area contributed by atoms with E-state index in [9.17, 15) is 31.1 Å². The second-order valence-corrected chi connectivity index (χ2v) is 3.93. The number of hydrogen-bond donors (Lipinski definition) is 0. The standard InChI is InChI=1S/C10H14F6O2/c1-3-4-5-8(9(11,12)13,10(14,15)16)6-7(17)18-2/h3-6H2,1-2H3. The Kier molecular flexibility index (Phi) is 5.49. The first-order chi connectivity index (χ1) is 8.02. The molecule has 0 atom stereocenters. The molecule has 0 N–H and O–H groups in total. The van der Waals surface area contributed by atoms with Gasteiger partial charge in [-0.25, -0.2) is 0 Å². The molecule has 18 heavy (non-hydrogen) atoms. The van der Waals surface area contributed by atoms with Gasteiger partial charge in [-0.3, -0.25) is 4.79 Å². The average Bonchev–Trinajstić information content (AvgIpc) is 2.20. The zero-order valence-electron chi connectivity index (χ0n) is 9.91. The second kappa shape index (κ2) is 5.79. The van der Waals surface area contributed by atoms with Gasteiger partial charge in [-0.1, -0.05) is 19.8 Å². The molecule has 0 saturated carbocycles. The average molecular weight is 280 g/mol. The zero-order valence-corrected chi connectivity index (χ0v) is 9.91. The molecule has 0 unspecified atom stereocenters. The Hall–Kier alpha value is -0.950. The summed E-state index contributed by atoms with van der Waals surface area (Å²) < 4.78 is 80.5. The van der Waals surface area contributed by atoms with Gasteiger partial charge < -0.3 is 4.74 Å². The topological polar surface area (TPSA) is 26.3 Å². The molecule has 0 aromatic carbocycles. The molecule has 0 rings (SSSR count). The molecule has 0 aliphatic rings. The fraction of sp³-hybridized carbons (Fsp3) is 0.900. The molecule has 0 aliphatic carbocycles. The lowest BCUT2D eigenvalue weighted by molar-refractivity contribution is -0.344. The highest BCUT2D eigenvalue weighted by molar-refractivity contribution is 5.70. The zero-order chi connectivity index (χ0) is 14.6. The van der Waals surface area contributed by atoms with Crippen LogP contribution in [0.2, 0.25) is 0 Å². The number of carbonyl (C=O) groups excluding carboxylic acids is 1. The van der Waals surface area contributed by atoms with Crippen LogP contribution in [-0.4, -0.2) is 25.4 Å². The van der Waals surface area contributed by atoms with Crippen molar-refractivity contribution in [1.82, 2.24) is 0 Å². The Balaban J connectivity index is 5.49. The second-order valence-electron chi connectivity index (χ2n) is 3.93. The van der Waals surface area contributed by atoms with Gasteiger partial charge in [-0.15, -0.1) is 0 Å². The van der Waals surface area contributed by atoms with Crippen molar-refractivity contribution in [2.45, 2.75) is 45.0 Å². The summed E-state index contributed by atoms with van der Waals surface area (Å²) in [5.41, 5.74) is -4.02. The minimum atomic E-state index is -5.55. The van der Waals surface area contributed by atoms with Crippen molar-refractivity contribution < 1.29 is 35.9 Å². The molecule has 8 heteroatoms. The van der Waals surface area contributed by atoms with Crippen LogP contribution in [0.3, 0.4) is 0 Å². The van der Waals surface area contributed by atoms with E-state index in [1.807, 2.05) is 0 Å². The lowest BCUT2D eigenvalue weighted by atomic mass is 9.78. The van der Waals surface area contributed by atoms with Crippen LogP contribution in [0.1, 0.15) is 32.6 Å². The Morgan fingerprint density at radius 1 is 1.06 bits per heavy atom. The highest BCUT2D eigenvalue weighted by Gasteiger charge is 2.70. The smallest absolute Gasteiger partial charge is 0.403 e.